The first-order valence-corrected chi connectivity index (χ1v) is 12.5. The number of alkyl halides is 1. The van der Waals surface area contributed by atoms with E-state index in [0.717, 1.165) is 50.6 Å². The van der Waals surface area contributed by atoms with Crippen molar-refractivity contribution in [2.24, 2.45) is 11.7 Å². The lowest BCUT2D eigenvalue weighted by atomic mass is 9.88. The highest BCUT2D eigenvalue weighted by atomic mass is 19.1. The van der Waals surface area contributed by atoms with E-state index in [1.165, 1.54) is 0 Å². The van der Waals surface area contributed by atoms with Gasteiger partial charge in [0.05, 0.1) is 23.5 Å². The molecule has 6 rings (SSSR count). The Kier molecular flexibility index (Phi) is 5.41. The summed E-state index contributed by atoms with van der Waals surface area (Å²) in [6.07, 6.45) is 7.80. The highest BCUT2D eigenvalue weighted by molar-refractivity contribution is 5.74. The average Bonchev–Trinajstić information content (AvgIpc) is 3.56. The third-order valence-electron chi connectivity index (χ3n) is 7.72. The topological polar surface area (TPSA) is 97.3 Å². The molecule has 34 heavy (non-hydrogen) atoms. The first kappa shape index (κ1) is 22.4. The van der Waals surface area contributed by atoms with Gasteiger partial charge in [-0.05, 0) is 39.5 Å². The molecule has 0 amide bonds. The molecule has 2 saturated heterocycles. The van der Waals surface area contributed by atoms with Crippen LogP contribution in [0, 0.1) is 17.8 Å². The van der Waals surface area contributed by atoms with E-state index >= 15 is 0 Å². The lowest BCUT2D eigenvalue weighted by Crippen LogP contribution is -2.34. The van der Waals surface area contributed by atoms with E-state index in [1.807, 2.05) is 18.4 Å². The van der Waals surface area contributed by atoms with Gasteiger partial charge < -0.3 is 19.9 Å². The number of ether oxygens (including phenoxy) is 3. The molecule has 182 valence electrons. The maximum atomic E-state index is 14.3. The van der Waals surface area contributed by atoms with Gasteiger partial charge in [-0.1, -0.05) is 37.5 Å². The highest BCUT2D eigenvalue weighted by Gasteiger charge is 2.56. The molecule has 2 unspecified atom stereocenters. The third kappa shape index (κ3) is 3.72. The molecule has 2 aromatic rings. The Morgan fingerprint density at radius 1 is 1.03 bits per heavy atom. The summed E-state index contributed by atoms with van der Waals surface area (Å²) in [4.78, 5) is 13.7. The third-order valence-corrected chi connectivity index (χ3v) is 7.72. The van der Waals surface area contributed by atoms with E-state index in [0.29, 0.717) is 17.6 Å². The maximum Gasteiger partial charge on any atom is 0.167 e. The summed E-state index contributed by atoms with van der Waals surface area (Å²) in [5.41, 5.74) is 8.37. The lowest BCUT2D eigenvalue weighted by Gasteiger charge is -2.24. The van der Waals surface area contributed by atoms with Crippen molar-refractivity contribution in [2.75, 3.05) is 0 Å². The minimum atomic E-state index is -0.877. The van der Waals surface area contributed by atoms with Crippen LogP contribution in [0.1, 0.15) is 77.1 Å². The van der Waals surface area contributed by atoms with Crippen molar-refractivity contribution in [3.05, 3.63) is 18.3 Å². The van der Waals surface area contributed by atoms with Gasteiger partial charge >= 0.3 is 0 Å². The molecule has 2 aliphatic heterocycles. The summed E-state index contributed by atoms with van der Waals surface area (Å²) in [7, 11) is 0. The summed E-state index contributed by atoms with van der Waals surface area (Å²) < 4.78 is 35.0. The molecule has 4 fully saturated rings. The zero-order valence-electron chi connectivity index (χ0n) is 19.7. The van der Waals surface area contributed by atoms with Gasteiger partial charge in [0.15, 0.2) is 17.7 Å². The fraction of sp³-hybridized carbons (Fsp3) is 0.720. The number of nitrogens with zero attached hydrogens (tertiary/aromatic N) is 4. The van der Waals surface area contributed by atoms with Crippen molar-refractivity contribution in [1.29, 1.82) is 0 Å². The summed E-state index contributed by atoms with van der Waals surface area (Å²) in [6.45, 7) is 3.77. The predicted octanol–water partition coefficient (Wildman–Crippen LogP) is 3.50. The molecule has 2 aromatic heterocycles. The minimum absolute atomic E-state index is 0.248. The molecule has 8 nitrogen and oxygen atoms in total. The van der Waals surface area contributed by atoms with E-state index in [4.69, 9.17) is 19.9 Å². The van der Waals surface area contributed by atoms with Gasteiger partial charge in [0, 0.05) is 0 Å². The number of aromatic nitrogens is 4. The second kappa shape index (κ2) is 8.23. The van der Waals surface area contributed by atoms with Crippen LogP contribution in [-0.4, -0.2) is 49.8 Å². The van der Waals surface area contributed by atoms with Crippen molar-refractivity contribution in [3.8, 4) is 11.8 Å². The molecule has 0 radical (unpaired) electrons. The van der Waals surface area contributed by atoms with Crippen LogP contribution in [0.3, 0.4) is 0 Å². The van der Waals surface area contributed by atoms with Crippen LogP contribution in [0.5, 0.6) is 0 Å². The van der Waals surface area contributed by atoms with E-state index in [9.17, 15) is 4.39 Å². The Hall–Kier alpha value is -2.12. The first-order chi connectivity index (χ1) is 16.3. The highest BCUT2D eigenvalue weighted by Crippen LogP contribution is 2.44. The van der Waals surface area contributed by atoms with E-state index in [2.05, 4.69) is 26.8 Å². The van der Waals surface area contributed by atoms with Crippen molar-refractivity contribution in [1.82, 2.24) is 19.5 Å². The molecule has 4 aliphatic rings. The Labute approximate surface area is 198 Å². The molecule has 2 N–H and O–H groups in total. The molecule has 0 bridgehead atoms. The smallest absolute Gasteiger partial charge is 0.167 e. The van der Waals surface area contributed by atoms with Crippen LogP contribution >= 0.6 is 0 Å². The number of halogens is 1. The monoisotopic (exact) mass is 469 g/mol. The fourth-order valence-corrected chi connectivity index (χ4v) is 6.00. The van der Waals surface area contributed by atoms with Gasteiger partial charge in [-0.15, -0.1) is 0 Å². The van der Waals surface area contributed by atoms with Gasteiger partial charge in [0.25, 0.3) is 0 Å². The van der Waals surface area contributed by atoms with Crippen LogP contribution in [0.15, 0.2) is 12.7 Å². The first-order valence-electron chi connectivity index (χ1n) is 12.5. The second-order valence-electron chi connectivity index (χ2n) is 10.6. The largest absolute Gasteiger partial charge is 0.341 e. The molecule has 4 heterocycles. The van der Waals surface area contributed by atoms with Crippen molar-refractivity contribution < 1.29 is 18.6 Å². The Morgan fingerprint density at radius 2 is 1.79 bits per heavy atom. The van der Waals surface area contributed by atoms with Crippen LogP contribution < -0.4 is 5.73 Å². The molecular formula is C25H32FN5O3. The normalized spacial score (nSPS) is 36.4. The second-order valence-corrected chi connectivity index (χ2v) is 10.6. The van der Waals surface area contributed by atoms with Crippen LogP contribution in [-0.2, 0) is 19.7 Å². The molecule has 2 saturated carbocycles. The lowest BCUT2D eigenvalue weighted by molar-refractivity contribution is -0.190. The molecular weight excluding hydrogens is 437 g/mol. The van der Waals surface area contributed by atoms with Gasteiger partial charge in [0.2, 0.25) is 0 Å². The quantitative estimate of drug-likeness (QED) is 0.672. The molecule has 0 aromatic carbocycles. The van der Waals surface area contributed by atoms with Crippen molar-refractivity contribution >= 4 is 11.2 Å². The Bertz CT molecular complexity index is 1130. The van der Waals surface area contributed by atoms with Crippen LogP contribution in [0.25, 0.3) is 11.2 Å². The summed E-state index contributed by atoms with van der Waals surface area (Å²) in [5, 5.41) is 0. The number of nitrogens with two attached hydrogens (primary N) is 1. The summed E-state index contributed by atoms with van der Waals surface area (Å²) in [6, 6.07) is 0. The molecule has 9 heteroatoms. The average molecular weight is 470 g/mol. The van der Waals surface area contributed by atoms with E-state index in [1.54, 1.807) is 12.7 Å². The number of hydrogen-bond donors (Lipinski definition) is 1. The molecule has 6 atom stereocenters. The van der Waals surface area contributed by atoms with Gasteiger partial charge in [-0.25, -0.2) is 19.3 Å². The minimum Gasteiger partial charge on any atom is -0.341 e. The molecule has 0 spiro atoms. The number of rotatable bonds is 2. The Morgan fingerprint density at radius 3 is 2.59 bits per heavy atom. The zero-order valence-corrected chi connectivity index (χ0v) is 19.7. The van der Waals surface area contributed by atoms with Crippen molar-refractivity contribution in [3.63, 3.8) is 0 Å². The predicted molar refractivity (Wildman–Crippen MR) is 122 cm³/mol. The zero-order chi connectivity index (χ0) is 23.5. The van der Waals surface area contributed by atoms with E-state index < -0.39 is 35.9 Å². The molecule has 2 aliphatic carbocycles. The maximum absolute atomic E-state index is 14.3. The number of hydrogen-bond acceptors (Lipinski definition) is 7. The van der Waals surface area contributed by atoms with E-state index in [-0.39, 0.29) is 12.0 Å². The summed E-state index contributed by atoms with van der Waals surface area (Å²) in [5.74, 6) is 5.32. The number of fused-ring (bicyclic) bond motifs is 2. The van der Waals surface area contributed by atoms with Crippen molar-refractivity contribution in [2.45, 2.75) is 107 Å². The SMILES string of the molecule is CC1(C)O[C@@H]2[C@H](O1)[C@@H](C#CC1CCCCC1F)O[C@H]2n1cnc2c(C3(N)CCCC3)ncnc21. The van der Waals surface area contributed by atoms with Crippen LogP contribution in [0.4, 0.5) is 4.39 Å². The van der Waals surface area contributed by atoms with Gasteiger partial charge in [-0.2, -0.15) is 0 Å². The van der Waals surface area contributed by atoms with Gasteiger partial charge in [0.1, 0.15) is 36.3 Å². The van der Waals surface area contributed by atoms with Gasteiger partial charge in [-0.3, -0.25) is 4.57 Å². The Balaban J connectivity index is 1.34. The summed E-state index contributed by atoms with van der Waals surface area (Å²) >= 11 is 0. The number of imidazole rings is 1. The van der Waals surface area contributed by atoms with Crippen LogP contribution in [0.2, 0.25) is 0 Å². The standard InChI is InChI=1S/C25H32FN5O3/c1-24(2)33-19-17(10-9-15-7-3-4-8-16(15)26)32-23(20(19)34-24)31-14-30-18-21(28-13-29-22(18)31)25(27)11-5-6-12-25/h13-17,19-20,23H,3-8,11-12,27H2,1-2H3/t15?,16?,17-,19-,20-,23-/m1/s1. The fourth-order valence-electron chi connectivity index (χ4n) is 6.00.